The molecule has 0 amide bonds. The number of methoxy groups -OCH3 is 1. The minimum atomic E-state index is -0.360. The highest BCUT2D eigenvalue weighted by Crippen LogP contribution is 2.10. The summed E-state index contributed by atoms with van der Waals surface area (Å²) in [6, 6.07) is 7.38. The van der Waals surface area contributed by atoms with Crippen molar-refractivity contribution in [3.63, 3.8) is 0 Å². The average molecular weight is 232 g/mol. The largest absolute Gasteiger partial charge is 0.497 e. The van der Waals surface area contributed by atoms with E-state index in [0.29, 0.717) is 5.82 Å². The molecular weight excluding hydrogens is 220 g/mol. The molecule has 6 heteroatoms. The number of aryl methyl sites for hydroxylation is 1. The molecule has 0 bridgehead atoms. The summed E-state index contributed by atoms with van der Waals surface area (Å²) in [7, 11) is 1.60. The molecule has 0 unspecified atom stereocenters. The molecule has 0 spiro atoms. The third-order valence-corrected chi connectivity index (χ3v) is 2.23. The van der Waals surface area contributed by atoms with Crippen molar-refractivity contribution in [3.05, 3.63) is 46.1 Å². The Labute approximate surface area is 97.6 Å². The van der Waals surface area contributed by atoms with Crippen LogP contribution < -0.4 is 10.4 Å². The Kier molecular flexibility index (Phi) is 3.04. The van der Waals surface area contributed by atoms with Crippen LogP contribution in [0.1, 0.15) is 11.4 Å². The number of H-pyrrole nitrogens is 1. The summed E-state index contributed by atoms with van der Waals surface area (Å²) in [5.41, 5.74) is 0.485. The van der Waals surface area contributed by atoms with Crippen molar-refractivity contribution in [3.8, 4) is 5.75 Å². The molecule has 1 aromatic heterocycles. The van der Waals surface area contributed by atoms with Gasteiger partial charge in [-0.1, -0.05) is 12.1 Å². The van der Waals surface area contributed by atoms with Crippen LogP contribution in [-0.4, -0.2) is 28.2 Å². The van der Waals surface area contributed by atoms with Gasteiger partial charge >= 0.3 is 5.69 Å². The quantitative estimate of drug-likeness (QED) is 0.794. The average Bonchev–Trinajstić information content (AvgIpc) is 2.67. The highest BCUT2D eigenvalue weighted by Gasteiger charge is 2.00. The molecule has 0 saturated heterocycles. The lowest BCUT2D eigenvalue weighted by atomic mass is 10.2. The van der Waals surface area contributed by atoms with Gasteiger partial charge in [-0.25, -0.2) is 9.89 Å². The molecular formula is C11H12N4O2. The van der Waals surface area contributed by atoms with Gasteiger partial charge in [0, 0.05) is 0 Å². The van der Waals surface area contributed by atoms with Crippen LogP contribution in [0, 0.1) is 6.92 Å². The van der Waals surface area contributed by atoms with Crippen molar-refractivity contribution in [1.29, 1.82) is 0 Å². The number of rotatable bonds is 3. The fourth-order valence-electron chi connectivity index (χ4n) is 1.35. The van der Waals surface area contributed by atoms with Gasteiger partial charge in [0.05, 0.1) is 13.3 Å². The van der Waals surface area contributed by atoms with Crippen LogP contribution >= 0.6 is 0 Å². The Hall–Kier alpha value is -2.37. The zero-order valence-corrected chi connectivity index (χ0v) is 9.54. The molecule has 6 nitrogen and oxygen atoms in total. The Morgan fingerprint density at radius 2 is 2.35 bits per heavy atom. The van der Waals surface area contributed by atoms with Crippen LogP contribution in [0.3, 0.4) is 0 Å². The Morgan fingerprint density at radius 3 is 3.00 bits per heavy atom. The molecule has 0 saturated carbocycles. The summed E-state index contributed by atoms with van der Waals surface area (Å²) in [5, 5.41) is 10.1. The maximum absolute atomic E-state index is 11.3. The molecule has 0 radical (unpaired) electrons. The van der Waals surface area contributed by atoms with Crippen LogP contribution in [0.25, 0.3) is 0 Å². The Morgan fingerprint density at radius 1 is 1.53 bits per heavy atom. The summed E-state index contributed by atoms with van der Waals surface area (Å²) in [5.74, 6) is 1.25. The Bertz CT molecular complexity index is 598. The third-order valence-electron chi connectivity index (χ3n) is 2.23. The van der Waals surface area contributed by atoms with Gasteiger partial charge in [-0.2, -0.15) is 14.9 Å². The summed E-state index contributed by atoms with van der Waals surface area (Å²) in [4.78, 5) is 11.3. The lowest BCUT2D eigenvalue weighted by molar-refractivity contribution is 0.415. The second kappa shape index (κ2) is 4.65. The van der Waals surface area contributed by atoms with Gasteiger partial charge < -0.3 is 4.74 Å². The second-order valence-corrected chi connectivity index (χ2v) is 3.41. The molecule has 2 rings (SSSR count). The van der Waals surface area contributed by atoms with Gasteiger partial charge in [0.25, 0.3) is 0 Å². The first-order valence-corrected chi connectivity index (χ1v) is 5.03. The van der Waals surface area contributed by atoms with E-state index in [1.54, 1.807) is 20.2 Å². The van der Waals surface area contributed by atoms with E-state index in [2.05, 4.69) is 15.3 Å². The smallest absolute Gasteiger partial charge is 0.364 e. The molecule has 0 fully saturated rings. The van der Waals surface area contributed by atoms with E-state index in [9.17, 15) is 4.79 Å². The van der Waals surface area contributed by atoms with E-state index in [0.717, 1.165) is 11.3 Å². The molecule has 1 heterocycles. The van der Waals surface area contributed by atoms with Crippen molar-refractivity contribution in [2.45, 2.75) is 6.92 Å². The molecule has 0 aliphatic carbocycles. The van der Waals surface area contributed by atoms with E-state index in [-0.39, 0.29) is 5.69 Å². The summed E-state index contributed by atoms with van der Waals surface area (Å²) < 4.78 is 6.28. The molecule has 0 aliphatic rings. The monoisotopic (exact) mass is 232 g/mol. The first-order valence-electron chi connectivity index (χ1n) is 5.03. The van der Waals surface area contributed by atoms with Gasteiger partial charge in [-0.3, -0.25) is 0 Å². The summed E-state index contributed by atoms with van der Waals surface area (Å²) >= 11 is 0. The molecule has 1 aromatic carbocycles. The van der Waals surface area contributed by atoms with Crippen molar-refractivity contribution in [2.24, 2.45) is 5.10 Å². The van der Waals surface area contributed by atoms with Crippen LogP contribution in [-0.2, 0) is 0 Å². The van der Waals surface area contributed by atoms with Gasteiger partial charge in [0.2, 0.25) is 0 Å². The predicted octanol–water partition coefficient (Wildman–Crippen LogP) is 0.771. The number of benzene rings is 1. The normalized spacial score (nSPS) is 10.9. The fraction of sp³-hybridized carbons (Fsp3) is 0.182. The Balaban J connectivity index is 2.29. The minimum Gasteiger partial charge on any atom is -0.497 e. The first-order chi connectivity index (χ1) is 8.20. The summed E-state index contributed by atoms with van der Waals surface area (Å²) in [6.07, 6.45) is 1.58. The van der Waals surface area contributed by atoms with Crippen LogP contribution in [0.4, 0.5) is 0 Å². The standard InChI is InChI=1S/C11H12N4O2/c1-8-13-14-11(16)15(8)12-7-9-4-3-5-10(6-9)17-2/h3-7H,1-2H3,(H,14,16). The zero-order valence-electron chi connectivity index (χ0n) is 9.54. The molecule has 88 valence electrons. The second-order valence-electron chi connectivity index (χ2n) is 3.41. The van der Waals surface area contributed by atoms with Crippen LogP contribution in [0.15, 0.2) is 34.2 Å². The molecule has 0 aliphatic heterocycles. The highest BCUT2D eigenvalue weighted by molar-refractivity contribution is 5.80. The van der Waals surface area contributed by atoms with Gasteiger partial charge in [0.15, 0.2) is 5.82 Å². The number of nitrogens with zero attached hydrogens (tertiary/aromatic N) is 3. The zero-order chi connectivity index (χ0) is 12.3. The van der Waals surface area contributed by atoms with Crippen LogP contribution in [0.2, 0.25) is 0 Å². The maximum Gasteiger partial charge on any atom is 0.364 e. The van der Waals surface area contributed by atoms with Gasteiger partial charge in [-0.05, 0) is 24.6 Å². The fourth-order valence-corrected chi connectivity index (χ4v) is 1.35. The van der Waals surface area contributed by atoms with Crippen molar-refractivity contribution < 1.29 is 4.74 Å². The van der Waals surface area contributed by atoms with E-state index < -0.39 is 0 Å². The van der Waals surface area contributed by atoms with E-state index in [1.165, 1.54) is 4.68 Å². The number of hydrogen-bond acceptors (Lipinski definition) is 4. The highest BCUT2D eigenvalue weighted by atomic mass is 16.5. The predicted molar refractivity (Wildman–Crippen MR) is 63.6 cm³/mol. The first kappa shape index (κ1) is 11.1. The summed E-state index contributed by atoms with van der Waals surface area (Å²) in [6.45, 7) is 1.70. The molecule has 2 aromatic rings. The minimum absolute atomic E-state index is 0.360. The number of aromatic nitrogens is 3. The van der Waals surface area contributed by atoms with E-state index in [1.807, 2.05) is 24.3 Å². The van der Waals surface area contributed by atoms with Crippen LogP contribution in [0.5, 0.6) is 5.75 Å². The number of nitrogens with one attached hydrogen (secondary N) is 1. The molecule has 1 N–H and O–H groups in total. The molecule has 0 atom stereocenters. The third kappa shape index (κ3) is 2.41. The number of aromatic amines is 1. The van der Waals surface area contributed by atoms with Gasteiger partial charge in [-0.15, -0.1) is 0 Å². The lowest BCUT2D eigenvalue weighted by Gasteiger charge is -1.99. The SMILES string of the molecule is COc1cccc(C=Nn2c(C)n[nH]c2=O)c1. The van der Waals surface area contributed by atoms with Gasteiger partial charge in [0.1, 0.15) is 5.75 Å². The maximum atomic E-state index is 11.3. The van der Waals surface area contributed by atoms with Crippen molar-refractivity contribution >= 4 is 6.21 Å². The number of hydrogen-bond donors (Lipinski definition) is 1. The van der Waals surface area contributed by atoms with E-state index >= 15 is 0 Å². The van der Waals surface area contributed by atoms with E-state index in [4.69, 9.17) is 4.74 Å². The van der Waals surface area contributed by atoms with Crippen molar-refractivity contribution in [2.75, 3.05) is 7.11 Å². The lowest BCUT2D eigenvalue weighted by Crippen LogP contribution is -2.13. The molecule has 17 heavy (non-hydrogen) atoms. The van der Waals surface area contributed by atoms with Crippen molar-refractivity contribution in [1.82, 2.24) is 14.9 Å². The number of ether oxygens (including phenoxy) is 1. The topological polar surface area (TPSA) is 72.3 Å².